The van der Waals surface area contributed by atoms with Gasteiger partial charge in [0, 0.05) is 29.5 Å². The van der Waals surface area contributed by atoms with Gasteiger partial charge in [-0.05, 0) is 42.1 Å². The summed E-state index contributed by atoms with van der Waals surface area (Å²) in [6.07, 6.45) is 4.55. The standard InChI is InChI=1S/C21H13NO5S/c23-12-2-5-15-18(8-12)27-19-9-13(24)3-6-16(19)20(15)14-4-1-11(22-10-28)7-17(14)21(25)26/h1-9,15,20,24H,(H,25,26). The molecule has 0 amide bonds. The molecule has 2 N–H and O–H groups in total. The van der Waals surface area contributed by atoms with E-state index in [1.54, 1.807) is 24.3 Å². The average Bonchev–Trinajstić information content (AvgIpc) is 2.66. The van der Waals surface area contributed by atoms with Crippen molar-refractivity contribution in [3.8, 4) is 11.5 Å². The van der Waals surface area contributed by atoms with Gasteiger partial charge in [0.1, 0.15) is 17.3 Å². The van der Waals surface area contributed by atoms with Crippen molar-refractivity contribution in [2.75, 3.05) is 0 Å². The zero-order valence-electron chi connectivity index (χ0n) is 14.3. The Kier molecular flexibility index (Phi) is 4.39. The highest BCUT2D eigenvalue weighted by molar-refractivity contribution is 7.78. The second-order valence-corrected chi connectivity index (χ2v) is 6.60. The number of thiocarbonyl (C=S) groups is 1. The number of nitrogens with zero attached hydrogens (tertiary/aromatic N) is 1. The number of isothiocyanates is 1. The number of benzene rings is 2. The molecule has 1 aliphatic carbocycles. The smallest absolute Gasteiger partial charge is 0.336 e. The number of carbonyl (C=O) groups excluding carboxylic acids is 1. The zero-order valence-corrected chi connectivity index (χ0v) is 15.1. The van der Waals surface area contributed by atoms with Crippen LogP contribution in [0.3, 0.4) is 0 Å². The molecule has 0 aromatic heterocycles. The molecule has 0 saturated heterocycles. The lowest BCUT2D eigenvalue weighted by molar-refractivity contribution is -0.110. The first-order valence-electron chi connectivity index (χ1n) is 8.37. The van der Waals surface area contributed by atoms with Gasteiger partial charge in [0.25, 0.3) is 0 Å². The fraction of sp³-hybridized carbons (Fsp3) is 0.0952. The third-order valence-electron chi connectivity index (χ3n) is 4.78. The monoisotopic (exact) mass is 391 g/mol. The molecule has 1 aliphatic heterocycles. The van der Waals surface area contributed by atoms with Crippen LogP contribution in [0.15, 0.2) is 65.4 Å². The summed E-state index contributed by atoms with van der Waals surface area (Å²) in [5.74, 6) is -1.29. The summed E-state index contributed by atoms with van der Waals surface area (Å²) in [4.78, 5) is 27.6. The number of aromatic carboxylic acids is 1. The van der Waals surface area contributed by atoms with Crippen LogP contribution in [-0.2, 0) is 4.79 Å². The van der Waals surface area contributed by atoms with E-state index in [0.29, 0.717) is 28.3 Å². The highest BCUT2D eigenvalue weighted by atomic mass is 32.1. The van der Waals surface area contributed by atoms with Crippen LogP contribution in [-0.4, -0.2) is 27.1 Å². The lowest BCUT2D eigenvalue weighted by atomic mass is 9.74. The van der Waals surface area contributed by atoms with Crippen LogP contribution in [0.1, 0.15) is 27.4 Å². The molecule has 0 bridgehead atoms. The summed E-state index contributed by atoms with van der Waals surface area (Å²) < 4.78 is 5.84. The Bertz CT molecular complexity index is 1130. The number of carboxylic acid groups (broad SMARTS) is 1. The molecule has 0 spiro atoms. The van der Waals surface area contributed by atoms with Crippen molar-refractivity contribution in [3.05, 3.63) is 77.1 Å². The molecular weight excluding hydrogens is 378 g/mol. The van der Waals surface area contributed by atoms with Crippen molar-refractivity contribution in [2.24, 2.45) is 10.9 Å². The van der Waals surface area contributed by atoms with Gasteiger partial charge in [-0.15, -0.1) is 0 Å². The normalized spacial score (nSPS) is 19.6. The maximum atomic E-state index is 12.0. The fourth-order valence-corrected chi connectivity index (χ4v) is 3.73. The van der Waals surface area contributed by atoms with Gasteiger partial charge in [-0.3, -0.25) is 4.79 Å². The Labute approximate surface area is 165 Å². The molecule has 1 heterocycles. The number of hydrogen-bond acceptors (Lipinski definition) is 6. The largest absolute Gasteiger partial charge is 0.508 e. The maximum absolute atomic E-state index is 12.0. The third kappa shape index (κ3) is 3.03. The van der Waals surface area contributed by atoms with Crippen molar-refractivity contribution >= 4 is 34.8 Å². The molecule has 4 rings (SSSR count). The second-order valence-electron chi connectivity index (χ2n) is 6.42. The summed E-state index contributed by atoms with van der Waals surface area (Å²) in [6.45, 7) is 0. The Hall–Kier alpha value is -3.54. The topological polar surface area (TPSA) is 96.2 Å². The van der Waals surface area contributed by atoms with E-state index in [4.69, 9.17) is 4.74 Å². The molecule has 28 heavy (non-hydrogen) atoms. The number of allylic oxidation sites excluding steroid dienone is 3. The minimum Gasteiger partial charge on any atom is -0.508 e. The summed E-state index contributed by atoms with van der Waals surface area (Å²) >= 11 is 4.60. The lowest BCUT2D eigenvalue weighted by Gasteiger charge is -2.35. The van der Waals surface area contributed by atoms with E-state index in [1.165, 1.54) is 30.4 Å². The SMILES string of the molecule is O=C1C=CC2C(=C1)Oc1cc(O)ccc1C2c1ccc(N=C=S)cc1C(=O)O. The number of phenolic OH excluding ortho intramolecular Hbond substituents is 1. The predicted molar refractivity (Wildman–Crippen MR) is 104 cm³/mol. The van der Waals surface area contributed by atoms with Gasteiger partial charge in [-0.2, -0.15) is 4.99 Å². The van der Waals surface area contributed by atoms with E-state index >= 15 is 0 Å². The third-order valence-corrected chi connectivity index (χ3v) is 4.87. The highest BCUT2D eigenvalue weighted by Crippen LogP contribution is 2.49. The number of carboxylic acids is 1. The van der Waals surface area contributed by atoms with E-state index in [9.17, 15) is 19.8 Å². The number of phenols is 1. The van der Waals surface area contributed by atoms with Gasteiger partial charge >= 0.3 is 5.97 Å². The van der Waals surface area contributed by atoms with Gasteiger partial charge in [0.2, 0.25) is 0 Å². The summed E-state index contributed by atoms with van der Waals surface area (Å²) in [5, 5.41) is 21.8. The van der Waals surface area contributed by atoms with Gasteiger partial charge in [0.05, 0.1) is 16.4 Å². The summed E-state index contributed by atoms with van der Waals surface area (Å²) in [6, 6.07) is 9.46. The first kappa shape index (κ1) is 17.9. The van der Waals surface area contributed by atoms with E-state index < -0.39 is 11.9 Å². The minimum absolute atomic E-state index is 0.0124. The maximum Gasteiger partial charge on any atom is 0.336 e. The van der Waals surface area contributed by atoms with Crippen molar-refractivity contribution in [1.82, 2.24) is 0 Å². The first-order chi connectivity index (χ1) is 13.5. The van der Waals surface area contributed by atoms with E-state index in [0.717, 1.165) is 0 Å². The predicted octanol–water partition coefficient (Wildman–Crippen LogP) is 3.99. The molecule has 138 valence electrons. The molecule has 0 saturated carbocycles. The number of carbonyl (C=O) groups is 2. The Morgan fingerprint density at radius 3 is 2.71 bits per heavy atom. The molecule has 2 aliphatic rings. The number of ether oxygens (including phenoxy) is 1. The molecule has 2 atom stereocenters. The van der Waals surface area contributed by atoms with Gasteiger partial charge < -0.3 is 14.9 Å². The molecule has 0 radical (unpaired) electrons. The number of aromatic hydroxyl groups is 1. The van der Waals surface area contributed by atoms with Crippen LogP contribution in [0.4, 0.5) is 5.69 Å². The van der Waals surface area contributed by atoms with Gasteiger partial charge in [-0.1, -0.05) is 18.2 Å². The van der Waals surface area contributed by atoms with Crippen LogP contribution in [0.5, 0.6) is 11.5 Å². The Morgan fingerprint density at radius 1 is 1.18 bits per heavy atom. The molecule has 2 aromatic carbocycles. The van der Waals surface area contributed by atoms with Crippen molar-refractivity contribution in [3.63, 3.8) is 0 Å². The summed E-state index contributed by atoms with van der Waals surface area (Å²) in [7, 11) is 0. The van der Waals surface area contributed by atoms with E-state index in [1.807, 2.05) is 0 Å². The average molecular weight is 391 g/mol. The Balaban J connectivity index is 1.96. The lowest BCUT2D eigenvalue weighted by Crippen LogP contribution is -2.27. The summed E-state index contributed by atoms with van der Waals surface area (Å²) in [5.41, 5.74) is 1.72. The molecule has 6 nitrogen and oxygen atoms in total. The van der Waals surface area contributed by atoms with Crippen LogP contribution < -0.4 is 4.74 Å². The number of fused-ring (bicyclic) bond motifs is 2. The van der Waals surface area contributed by atoms with Gasteiger partial charge in [-0.25, -0.2) is 4.79 Å². The van der Waals surface area contributed by atoms with Crippen molar-refractivity contribution < 1.29 is 24.5 Å². The number of aliphatic imine (C=N–C) groups is 1. The van der Waals surface area contributed by atoms with Gasteiger partial charge in [0.15, 0.2) is 5.78 Å². The van der Waals surface area contributed by atoms with Crippen LogP contribution in [0.25, 0.3) is 0 Å². The van der Waals surface area contributed by atoms with Crippen molar-refractivity contribution in [1.29, 1.82) is 0 Å². The number of rotatable bonds is 3. The number of ketones is 1. The number of hydrogen-bond donors (Lipinski definition) is 2. The van der Waals surface area contributed by atoms with Crippen molar-refractivity contribution in [2.45, 2.75) is 5.92 Å². The second kappa shape index (κ2) is 6.88. The molecule has 7 heteroatoms. The highest BCUT2D eigenvalue weighted by Gasteiger charge is 2.38. The minimum atomic E-state index is -1.11. The van der Waals surface area contributed by atoms with Crippen LogP contribution >= 0.6 is 12.2 Å². The van der Waals surface area contributed by atoms with E-state index in [2.05, 4.69) is 22.4 Å². The zero-order chi connectivity index (χ0) is 19.8. The quantitative estimate of drug-likeness (QED) is 0.607. The fourth-order valence-electron chi connectivity index (χ4n) is 3.62. The first-order valence-corrected chi connectivity index (χ1v) is 8.78. The molecular formula is C21H13NO5S. The van der Waals surface area contributed by atoms with E-state index in [-0.39, 0.29) is 23.0 Å². The molecule has 2 aromatic rings. The van der Waals surface area contributed by atoms with Crippen LogP contribution in [0, 0.1) is 5.92 Å². The Morgan fingerprint density at radius 2 is 1.96 bits per heavy atom. The molecule has 2 unspecified atom stereocenters. The van der Waals surface area contributed by atoms with Crippen LogP contribution in [0.2, 0.25) is 0 Å². The molecule has 0 fully saturated rings.